The molecule has 28 heteroatoms. The number of likely N-dealkylation sites (tertiary alicyclic amines) is 1. The number of sulfonamides is 1. The lowest BCUT2D eigenvalue weighted by molar-refractivity contribution is -0.191. The summed E-state index contributed by atoms with van der Waals surface area (Å²) >= 11 is 5.51. The molecule has 0 saturated carbocycles. The van der Waals surface area contributed by atoms with Gasteiger partial charge in [-0.15, -0.1) is 0 Å². The number of rotatable bonds is 22. The average Bonchev–Trinajstić information content (AvgIpc) is 1.81. The number of carbonyl (C=O) groups excluding carboxylic acids is 6. The fourth-order valence-corrected chi connectivity index (χ4v) is 12.2. The Kier molecular flexibility index (Phi) is 19.3. The van der Waals surface area contributed by atoms with Crippen molar-refractivity contribution in [2.45, 2.75) is 114 Å². The van der Waals surface area contributed by atoms with Gasteiger partial charge in [-0.3, -0.25) is 28.7 Å². The van der Waals surface area contributed by atoms with Crippen LogP contribution < -0.4 is 47.5 Å². The van der Waals surface area contributed by atoms with Gasteiger partial charge < -0.3 is 66.4 Å². The zero-order chi connectivity index (χ0) is 63.9. The summed E-state index contributed by atoms with van der Waals surface area (Å²) < 4.78 is 42.5. The van der Waals surface area contributed by atoms with Crippen molar-refractivity contribution in [2.75, 3.05) is 33.8 Å². The lowest BCUT2D eigenvalue weighted by atomic mass is 9.85. The van der Waals surface area contributed by atoms with E-state index in [4.69, 9.17) is 26.7 Å². The van der Waals surface area contributed by atoms with Crippen LogP contribution in [0, 0.1) is 5.92 Å². The number of carboxylic acids is 2. The number of para-hydroxylation sites is 1. The molecule has 2 unspecified atom stereocenters. The predicted molar refractivity (Wildman–Crippen MR) is 330 cm³/mol. The Labute approximate surface area is 515 Å². The van der Waals surface area contributed by atoms with E-state index in [0.29, 0.717) is 42.0 Å². The highest BCUT2D eigenvalue weighted by molar-refractivity contribution is 7.92. The van der Waals surface area contributed by atoms with Gasteiger partial charge in [0.25, 0.3) is 15.6 Å². The first-order valence-electron chi connectivity index (χ1n) is 28.6. The Morgan fingerprint density at radius 1 is 0.798 bits per heavy atom. The van der Waals surface area contributed by atoms with Crippen molar-refractivity contribution < 1.29 is 66.5 Å². The zero-order valence-electron chi connectivity index (χ0n) is 48.7. The Morgan fingerprint density at radius 3 is 2.20 bits per heavy atom. The van der Waals surface area contributed by atoms with Gasteiger partial charge in [-0.25, -0.2) is 32.6 Å². The fourth-order valence-electron chi connectivity index (χ4n) is 10.8. The molecule has 2 aromatic heterocycles. The highest BCUT2D eigenvalue weighted by atomic mass is 32.2. The summed E-state index contributed by atoms with van der Waals surface area (Å²) in [6, 6.07) is 21.9. The highest BCUT2D eigenvalue weighted by Gasteiger charge is 2.52. The molecule has 26 nitrogen and oxygen atoms in total. The van der Waals surface area contributed by atoms with Gasteiger partial charge in [0, 0.05) is 52.4 Å². The maximum atomic E-state index is 14.4. The third-order valence-corrected chi connectivity index (χ3v) is 16.9. The van der Waals surface area contributed by atoms with E-state index in [2.05, 4.69) is 41.9 Å². The summed E-state index contributed by atoms with van der Waals surface area (Å²) in [6.07, 6.45) is -0.304. The molecule has 1 saturated heterocycles. The van der Waals surface area contributed by atoms with Gasteiger partial charge in [-0.05, 0) is 122 Å². The molecule has 89 heavy (non-hydrogen) atoms. The Balaban J connectivity index is 0.813. The van der Waals surface area contributed by atoms with E-state index in [1.54, 1.807) is 31.4 Å². The number of aromatic nitrogens is 2. The van der Waals surface area contributed by atoms with Crippen LogP contribution in [0.15, 0.2) is 119 Å². The van der Waals surface area contributed by atoms with Gasteiger partial charge in [0.15, 0.2) is 5.11 Å². The second-order valence-electron chi connectivity index (χ2n) is 21.8. The maximum Gasteiger partial charge on any atom is 0.355 e. The molecule has 9 rings (SSSR count). The van der Waals surface area contributed by atoms with Gasteiger partial charge in [0.1, 0.15) is 24.7 Å². The van der Waals surface area contributed by atoms with Crippen LogP contribution in [0.1, 0.15) is 94.5 Å². The standard InChI is InChI=1S/C61H65N11O15S2/c1-5-23-62-58(82)64-39-14-10-16-41(27-39)89(84,85)70-40-15-9-13-35(26-40)45(29-49(73)74)67-59(83)63-37-19-21-38(22-20-37)65-60(88)68-46(30-50(75)76)55(79)71-24-11-18-47(71)53(77)69-51(33(3)4)56(80)87-61(6-2)43-28-48-52-36(25-34-12-7-8-17-44(34)66-52)31-72(48)54(78)42(43)32-86-57(61)81/h7-10,12-17,19-22,25-28,33,45-47,51,70H,5-6,11,18,23-24,29-32H2,1-4H3,(H,69,77)(H,73,74)(H,75,76)(H2,62,64,82)(H2,63,67,83)(H2,65,68,88)/t45?,46?,47-,51-,61-/m0/s1. The van der Waals surface area contributed by atoms with E-state index in [9.17, 15) is 61.8 Å². The minimum atomic E-state index is -4.22. The van der Waals surface area contributed by atoms with E-state index >= 15 is 0 Å². The SMILES string of the molecule is CCCNC(=O)Nc1cccc(S(=O)(=O)Nc2cccc(C(CC(=O)O)NC(=O)Nc3ccc(NC(=S)NC(CC(=O)O)C(=O)N4CCC[C@H]4C(=O)N[C@H](C(=O)O[C@]4(CC)C(=O)OCc5c4cc4n(c5=O)Cc5cc6ccccc6nc5-4)C(C)C)cc3)c2)c1. The summed E-state index contributed by atoms with van der Waals surface area (Å²) in [7, 11) is -4.22. The van der Waals surface area contributed by atoms with E-state index in [-0.39, 0.29) is 76.3 Å². The molecule has 1 fully saturated rings. The molecular formula is C61H65N11O15S2. The maximum absolute atomic E-state index is 14.4. The molecule has 4 aromatic carbocycles. The number of esters is 2. The normalized spacial score (nSPS) is 16.7. The number of hydrogen-bond acceptors (Lipinski definition) is 15. The van der Waals surface area contributed by atoms with Crippen molar-refractivity contribution in [2.24, 2.45) is 5.92 Å². The second-order valence-corrected chi connectivity index (χ2v) is 23.9. The van der Waals surface area contributed by atoms with Crippen LogP contribution in [0.3, 0.4) is 0 Å². The molecule has 3 aliphatic rings. The number of amides is 6. The summed E-state index contributed by atoms with van der Waals surface area (Å²) in [5, 5.41) is 39.2. The quantitative estimate of drug-likeness (QED) is 0.0264. The molecule has 5 heterocycles. The summed E-state index contributed by atoms with van der Waals surface area (Å²) in [6.45, 7) is 7.11. The summed E-state index contributed by atoms with van der Waals surface area (Å²) in [4.78, 5) is 127. The molecule has 6 aromatic rings. The first-order chi connectivity index (χ1) is 42.5. The van der Waals surface area contributed by atoms with E-state index < -0.39 is 112 Å². The van der Waals surface area contributed by atoms with Crippen molar-refractivity contribution >= 4 is 109 Å². The number of carboxylic acid groups (broad SMARTS) is 2. The van der Waals surface area contributed by atoms with E-state index in [1.165, 1.54) is 77.7 Å². The smallest absolute Gasteiger partial charge is 0.355 e. The first kappa shape index (κ1) is 63.5. The van der Waals surface area contributed by atoms with Crippen LogP contribution >= 0.6 is 12.2 Å². The van der Waals surface area contributed by atoms with Crippen molar-refractivity contribution in [3.63, 3.8) is 0 Å². The van der Waals surface area contributed by atoms with Crippen molar-refractivity contribution in [3.05, 3.63) is 142 Å². The first-order valence-corrected chi connectivity index (χ1v) is 30.5. The molecule has 6 amide bonds. The van der Waals surface area contributed by atoms with Crippen molar-refractivity contribution in [1.82, 2.24) is 35.7 Å². The number of fused-ring (bicyclic) bond motifs is 5. The van der Waals surface area contributed by atoms with Gasteiger partial charge in [-0.2, -0.15) is 0 Å². The topological polar surface area (TPSA) is 364 Å². The largest absolute Gasteiger partial charge is 0.481 e. The molecular weight excluding hydrogens is 1190 g/mol. The third kappa shape index (κ3) is 14.4. The fraction of sp³-hybridized carbons (Fsp3) is 0.328. The zero-order valence-corrected chi connectivity index (χ0v) is 50.3. The number of hydrogen-bond donors (Lipinski definition) is 10. The van der Waals surface area contributed by atoms with Crippen LogP contribution in [0.25, 0.3) is 22.3 Å². The van der Waals surface area contributed by atoms with Gasteiger partial charge in [-0.1, -0.05) is 64.1 Å². The number of urea groups is 2. The van der Waals surface area contributed by atoms with E-state index in [0.717, 1.165) is 10.9 Å². The lowest BCUT2D eigenvalue weighted by Crippen LogP contribution is -2.57. The van der Waals surface area contributed by atoms with Crippen molar-refractivity contribution in [3.8, 4) is 11.4 Å². The number of pyridine rings is 2. The highest BCUT2D eigenvalue weighted by Crippen LogP contribution is 2.41. The van der Waals surface area contributed by atoms with Crippen molar-refractivity contribution in [1.29, 1.82) is 0 Å². The van der Waals surface area contributed by atoms with Crippen LogP contribution in [-0.2, 0) is 67.0 Å². The lowest BCUT2D eigenvalue weighted by Gasteiger charge is -2.37. The van der Waals surface area contributed by atoms with Crippen LogP contribution in [-0.4, -0.2) is 117 Å². The molecule has 5 atom stereocenters. The summed E-state index contributed by atoms with van der Waals surface area (Å²) in [5.74, 6) is -6.71. The molecule has 466 valence electrons. The molecule has 3 aliphatic heterocycles. The minimum Gasteiger partial charge on any atom is -0.481 e. The number of cyclic esters (lactones) is 1. The summed E-state index contributed by atoms with van der Waals surface area (Å²) in [5.41, 5.74) is 1.31. The number of thiocarbonyl (C=S) groups is 1. The number of aliphatic carboxylic acids is 2. The van der Waals surface area contributed by atoms with Gasteiger partial charge >= 0.3 is 35.9 Å². The number of anilines is 4. The number of carbonyl (C=O) groups is 8. The number of nitrogens with one attached hydrogen (secondary N) is 8. The molecule has 0 spiro atoms. The van der Waals surface area contributed by atoms with Crippen LogP contribution in [0.5, 0.6) is 0 Å². The average molecular weight is 1260 g/mol. The van der Waals surface area contributed by atoms with Crippen LogP contribution in [0.4, 0.5) is 32.3 Å². The third-order valence-electron chi connectivity index (χ3n) is 15.3. The molecule has 0 bridgehead atoms. The number of benzene rings is 4. The minimum absolute atomic E-state index is 0.0466. The number of ether oxygens (including phenoxy) is 2. The monoisotopic (exact) mass is 1260 g/mol. The Hall–Kier alpha value is -9.96. The predicted octanol–water partition coefficient (Wildman–Crippen LogP) is 6.26. The number of nitrogens with zero attached hydrogens (tertiary/aromatic N) is 3. The molecule has 0 aliphatic carbocycles. The Bertz CT molecular complexity index is 3990. The van der Waals surface area contributed by atoms with Gasteiger partial charge in [0.2, 0.25) is 17.4 Å². The van der Waals surface area contributed by atoms with Crippen LogP contribution in [0.2, 0.25) is 0 Å². The van der Waals surface area contributed by atoms with Gasteiger partial charge in [0.05, 0.1) is 52.8 Å². The molecule has 10 N–H and O–H groups in total. The molecule has 0 radical (unpaired) electrons. The van der Waals surface area contributed by atoms with E-state index in [1.807, 2.05) is 37.3 Å². The second kappa shape index (κ2) is 27.0. The Morgan fingerprint density at radius 2 is 1.49 bits per heavy atom.